The molecule has 0 aliphatic carbocycles. The summed E-state index contributed by atoms with van der Waals surface area (Å²) in [6.45, 7) is 5.51. The predicted molar refractivity (Wildman–Crippen MR) is 179 cm³/mol. The first-order valence-corrected chi connectivity index (χ1v) is 16.9. The van der Waals surface area contributed by atoms with Gasteiger partial charge in [-0.2, -0.15) is 0 Å². The largest absolute Gasteiger partial charge is 0.457 e. The van der Waals surface area contributed by atoms with Crippen LogP contribution in [0.4, 0.5) is 5.69 Å². The fraction of sp³-hybridized carbons (Fsp3) is 0.278. The van der Waals surface area contributed by atoms with E-state index in [1.54, 1.807) is 24.3 Å². The van der Waals surface area contributed by atoms with Gasteiger partial charge in [0.2, 0.25) is 21.8 Å². The van der Waals surface area contributed by atoms with Crippen LogP contribution in [0.25, 0.3) is 0 Å². The molecule has 9 heteroatoms. The third kappa shape index (κ3) is 9.68. The van der Waals surface area contributed by atoms with Crippen molar-refractivity contribution in [2.75, 3.05) is 17.1 Å². The monoisotopic (exact) mass is 627 g/mol. The Labute approximate surface area is 266 Å². The molecule has 4 rings (SSSR count). The van der Waals surface area contributed by atoms with Crippen molar-refractivity contribution in [2.24, 2.45) is 0 Å². The molecular weight excluding hydrogens is 586 g/mol. The summed E-state index contributed by atoms with van der Waals surface area (Å²) >= 11 is 0. The van der Waals surface area contributed by atoms with E-state index >= 15 is 0 Å². The van der Waals surface area contributed by atoms with Crippen molar-refractivity contribution in [2.45, 2.75) is 52.2 Å². The van der Waals surface area contributed by atoms with E-state index in [-0.39, 0.29) is 24.9 Å². The zero-order valence-corrected chi connectivity index (χ0v) is 27.0. The Balaban J connectivity index is 1.68. The van der Waals surface area contributed by atoms with Gasteiger partial charge in [0.25, 0.3) is 0 Å². The number of ether oxygens (including phenoxy) is 1. The van der Waals surface area contributed by atoms with Crippen molar-refractivity contribution in [1.29, 1.82) is 0 Å². The van der Waals surface area contributed by atoms with E-state index in [9.17, 15) is 18.0 Å². The third-order valence-electron chi connectivity index (χ3n) is 7.49. The van der Waals surface area contributed by atoms with Crippen molar-refractivity contribution in [3.8, 4) is 11.5 Å². The summed E-state index contributed by atoms with van der Waals surface area (Å²) in [4.78, 5) is 29.6. The molecule has 236 valence electrons. The number of nitrogens with zero attached hydrogens (tertiary/aromatic N) is 2. The standard InChI is InChI=1S/C36H41N3O5S/c1-5-28(3)37-36(41)34(24-29-14-8-6-9-15-29)38(25-30-16-12-13-27(2)23-30)35(40)26-39(45(4,42)43)31-19-21-33(22-20-31)44-32-17-10-7-11-18-32/h6-23,28,34H,5,24-26H2,1-4H3,(H,37,41)/t28-,34-/m1/s1. The number of sulfonamides is 1. The smallest absolute Gasteiger partial charge is 0.244 e. The maximum absolute atomic E-state index is 14.3. The molecule has 0 aliphatic rings. The van der Waals surface area contributed by atoms with Crippen LogP contribution in [0.3, 0.4) is 0 Å². The molecule has 0 fully saturated rings. The minimum atomic E-state index is -3.88. The van der Waals surface area contributed by atoms with Gasteiger partial charge in [-0.3, -0.25) is 13.9 Å². The highest BCUT2D eigenvalue weighted by atomic mass is 32.2. The number of hydrogen-bond donors (Lipinski definition) is 1. The molecule has 8 nitrogen and oxygen atoms in total. The van der Waals surface area contributed by atoms with Crippen LogP contribution in [-0.2, 0) is 32.6 Å². The normalized spacial score (nSPS) is 12.5. The maximum Gasteiger partial charge on any atom is 0.244 e. The molecular formula is C36H41N3O5S. The van der Waals surface area contributed by atoms with Crippen molar-refractivity contribution in [3.63, 3.8) is 0 Å². The Kier molecular flexibility index (Phi) is 11.4. The van der Waals surface area contributed by atoms with Gasteiger partial charge in [0.15, 0.2) is 0 Å². The van der Waals surface area contributed by atoms with Crippen molar-refractivity contribution >= 4 is 27.5 Å². The van der Waals surface area contributed by atoms with Crippen molar-refractivity contribution in [1.82, 2.24) is 10.2 Å². The van der Waals surface area contributed by atoms with Gasteiger partial charge >= 0.3 is 0 Å². The van der Waals surface area contributed by atoms with E-state index in [0.717, 1.165) is 33.7 Å². The molecule has 0 saturated carbocycles. The van der Waals surface area contributed by atoms with E-state index in [1.807, 2.05) is 106 Å². The molecule has 4 aromatic carbocycles. The average Bonchev–Trinajstić information content (AvgIpc) is 3.02. The van der Waals surface area contributed by atoms with Crippen LogP contribution in [-0.4, -0.2) is 50.0 Å². The lowest BCUT2D eigenvalue weighted by Gasteiger charge is -2.34. The van der Waals surface area contributed by atoms with Crippen LogP contribution < -0.4 is 14.4 Å². The summed E-state index contributed by atoms with van der Waals surface area (Å²) in [7, 11) is -3.88. The summed E-state index contributed by atoms with van der Waals surface area (Å²) < 4.78 is 33.1. The fourth-order valence-electron chi connectivity index (χ4n) is 4.92. The molecule has 0 radical (unpaired) electrons. The molecule has 2 atom stereocenters. The number of anilines is 1. The lowest BCUT2D eigenvalue weighted by atomic mass is 10.0. The first-order chi connectivity index (χ1) is 21.5. The van der Waals surface area contributed by atoms with Gasteiger partial charge in [0.05, 0.1) is 11.9 Å². The lowest BCUT2D eigenvalue weighted by Crippen LogP contribution is -2.54. The second-order valence-corrected chi connectivity index (χ2v) is 13.1. The Hall–Kier alpha value is -4.63. The SMILES string of the molecule is CC[C@@H](C)NC(=O)[C@@H](Cc1ccccc1)N(Cc1cccc(C)c1)C(=O)CN(c1ccc(Oc2ccccc2)cc1)S(C)(=O)=O. The van der Waals surface area contributed by atoms with Crippen LogP contribution in [0.5, 0.6) is 11.5 Å². The molecule has 0 heterocycles. The van der Waals surface area contributed by atoms with E-state index in [0.29, 0.717) is 17.2 Å². The van der Waals surface area contributed by atoms with Gasteiger partial charge in [-0.1, -0.05) is 85.3 Å². The molecule has 0 unspecified atom stereocenters. The number of hydrogen-bond acceptors (Lipinski definition) is 5. The van der Waals surface area contributed by atoms with Gasteiger partial charge < -0.3 is 15.0 Å². The van der Waals surface area contributed by atoms with Crippen molar-refractivity contribution < 1.29 is 22.7 Å². The quantitative estimate of drug-likeness (QED) is 0.182. The van der Waals surface area contributed by atoms with Gasteiger partial charge in [-0.25, -0.2) is 8.42 Å². The summed E-state index contributed by atoms with van der Waals surface area (Å²) in [5, 5.41) is 3.05. The van der Waals surface area contributed by atoms with E-state index < -0.39 is 28.5 Å². The first kappa shape index (κ1) is 33.3. The lowest BCUT2D eigenvalue weighted by molar-refractivity contribution is -0.140. The highest BCUT2D eigenvalue weighted by Crippen LogP contribution is 2.26. The Bertz CT molecular complexity index is 1660. The zero-order valence-electron chi connectivity index (χ0n) is 26.2. The number of aryl methyl sites for hydroxylation is 1. The van der Waals surface area contributed by atoms with Gasteiger partial charge in [-0.15, -0.1) is 0 Å². The van der Waals surface area contributed by atoms with Crippen LogP contribution in [0.15, 0.2) is 109 Å². The molecule has 4 aromatic rings. The minimum absolute atomic E-state index is 0.101. The molecule has 0 saturated heterocycles. The predicted octanol–water partition coefficient (Wildman–Crippen LogP) is 6.11. The highest BCUT2D eigenvalue weighted by molar-refractivity contribution is 7.92. The Morgan fingerprint density at radius 1 is 0.822 bits per heavy atom. The Morgan fingerprint density at radius 3 is 2.02 bits per heavy atom. The molecule has 1 N–H and O–H groups in total. The number of rotatable bonds is 14. The fourth-order valence-corrected chi connectivity index (χ4v) is 5.77. The third-order valence-corrected chi connectivity index (χ3v) is 8.63. The van der Waals surface area contributed by atoms with Crippen LogP contribution in [0.2, 0.25) is 0 Å². The number of para-hydroxylation sites is 1. The van der Waals surface area contributed by atoms with E-state index in [2.05, 4.69) is 5.32 Å². The molecule has 0 spiro atoms. The van der Waals surface area contributed by atoms with Gasteiger partial charge in [0.1, 0.15) is 24.1 Å². The average molecular weight is 628 g/mol. The summed E-state index contributed by atoms with van der Waals surface area (Å²) in [5.74, 6) is 0.386. The van der Waals surface area contributed by atoms with E-state index in [1.165, 1.54) is 4.90 Å². The summed E-state index contributed by atoms with van der Waals surface area (Å²) in [6.07, 6.45) is 2.06. The number of nitrogens with one attached hydrogen (secondary N) is 1. The van der Waals surface area contributed by atoms with Gasteiger partial charge in [-0.05, 0) is 67.8 Å². The van der Waals surface area contributed by atoms with Crippen LogP contribution in [0.1, 0.15) is 37.0 Å². The first-order valence-electron chi connectivity index (χ1n) is 15.0. The molecule has 0 aliphatic heterocycles. The number of amides is 2. The topological polar surface area (TPSA) is 96.0 Å². The number of carbonyl (C=O) groups is 2. The summed E-state index contributed by atoms with van der Waals surface area (Å²) in [5.41, 5.74) is 3.05. The Morgan fingerprint density at radius 2 is 1.42 bits per heavy atom. The van der Waals surface area contributed by atoms with Crippen LogP contribution in [0, 0.1) is 6.92 Å². The van der Waals surface area contributed by atoms with E-state index in [4.69, 9.17) is 4.74 Å². The van der Waals surface area contributed by atoms with Gasteiger partial charge in [0, 0.05) is 19.0 Å². The number of benzene rings is 4. The summed E-state index contributed by atoms with van der Waals surface area (Å²) in [6, 6.07) is 32.0. The van der Waals surface area contributed by atoms with Crippen LogP contribution >= 0.6 is 0 Å². The second kappa shape index (κ2) is 15.4. The molecule has 0 bridgehead atoms. The second-order valence-electron chi connectivity index (χ2n) is 11.2. The molecule has 0 aromatic heterocycles. The molecule has 45 heavy (non-hydrogen) atoms. The maximum atomic E-state index is 14.3. The zero-order chi connectivity index (χ0) is 32.4. The molecule has 2 amide bonds. The minimum Gasteiger partial charge on any atom is -0.457 e. The highest BCUT2D eigenvalue weighted by Gasteiger charge is 2.33. The van der Waals surface area contributed by atoms with Crippen molar-refractivity contribution in [3.05, 3.63) is 126 Å². The number of carbonyl (C=O) groups excluding carboxylic acids is 2.